The number of hydrogen-bond donors (Lipinski definition) is 1. The molecule has 1 aromatic carbocycles. The van der Waals surface area contributed by atoms with Crippen molar-refractivity contribution >= 4 is 0 Å². The van der Waals surface area contributed by atoms with Gasteiger partial charge in [0.15, 0.2) is 6.29 Å². The monoisotopic (exact) mass is 265 g/mol. The zero-order valence-electron chi connectivity index (χ0n) is 12.8. The van der Waals surface area contributed by atoms with E-state index in [-0.39, 0.29) is 12.3 Å². The fourth-order valence-corrected chi connectivity index (χ4v) is 2.33. The molecule has 1 unspecified atom stereocenters. The molecule has 0 saturated heterocycles. The van der Waals surface area contributed by atoms with E-state index in [2.05, 4.69) is 37.4 Å². The van der Waals surface area contributed by atoms with Gasteiger partial charge in [0, 0.05) is 13.2 Å². The molecule has 0 bridgehead atoms. The van der Waals surface area contributed by atoms with Crippen molar-refractivity contribution in [3.05, 3.63) is 34.9 Å². The predicted octanol–water partition coefficient (Wildman–Crippen LogP) is 2.83. The van der Waals surface area contributed by atoms with E-state index in [0.717, 1.165) is 6.42 Å². The quantitative estimate of drug-likeness (QED) is 0.733. The lowest BCUT2D eigenvalue weighted by atomic mass is 9.96. The number of hydrogen-bond acceptors (Lipinski definition) is 3. The van der Waals surface area contributed by atoms with Crippen LogP contribution in [0.1, 0.15) is 30.5 Å². The van der Waals surface area contributed by atoms with Crippen molar-refractivity contribution in [1.82, 2.24) is 5.32 Å². The maximum atomic E-state index is 5.70. The van der Waals surface area contributed by atoms with Crippen LogP contribution in [0.15, 0.2) is 18.2 Å². The van der Waals surface area contributed by atoms with Crippen LogP contribution in [0.4, 0.5) is 0 Å². The first-order chi connectivity index (χ1) is 9.13. The average molecular weight is 265 g/mol. The lowest BCUT2D eigenvalue weighted by molar-refractivity contribution is -0.152. The van der Waals surface area contributed by atoms with Gasteiger partial charge < -0.3 is 14.8 Å². The summed E-state index contributed by atoms with van der Waals surface area (Å²) in [5, 5.41) is 3.32. The Labute approximate surface area is 117 Å². The summed E-state index contributed by atoms with van der Waals surface area (Å²) in [4.78, 5) is 0. The summed E-state index contributed by atoms with van der Waals surface area (Å²) in [6.45, 7) is 9.64. The van der Waals surface area contributed by atoms with Gasteiger partial charge in [-0.3, -0.25) is 0 Å². The van der Waals surface area contributed by atoms with E-state index in [1.54, 1.807) is 0 Å². The van der Waals surface area contributed by atoms with Gasteiger partial charge in [-0.15, -0.1) is 0 Å². The van der Waals surface area contributed by atoms with Gasteiger partial charge in [-0.05, 0) is 57.9 Å². The first kappa shape index (κ1) is 16.2. The highest BCUT2D eigenvalue weighted by Crippen LogP contribution is 2.17. The summed E-state index contributed by atoms with van der Waals surface area (Å²) in [7, 11) is 1.96. The van der Waals surface area contributed by atoms with Crippen LogP contribution in [0.2, 0.25) is 0 Å². The Hall–Kier alpha value is -0.900. The molecule has 19 heavy (non-hydrogen) atoms. The van der Waals surface area contributed by atoms with Crippen LogP contribution >= 0.6 is 0 Å². The molecular weight excluding hydrogens is 238 g/mol. The number of rotatable bonds is 8. The Kier molecular flexibility index (Phi) is 7.06. The highest BCUT2D eigenvalue weighted by atomic mass is 16.7. The van der Waals surface area contributed by atoms with E-state index in [4.69, 9.17) is 9.47 Å². The van der Waals surface area contributed by atoms with Gasteiger partial charge in [-0.25, -0.2) is 0 Å². The van der Waals surface area contributed by atoms with Crippen LogP contribution in [-0.2, 0) is 15.9 Å². The van der Waals surface area contributed by atoms with Gasteiger partial charge in [0.05, 0.1) is 6.04 Å². The second-order valence-corrected chi connectivity index (χ2v) is 4.75. The summed E-state index contributed by atoms with van der Waals surface area (Å²) < 4.78 is 11.4. The lowest BCUT2D eigenvalue weighted by Gasteiger charge is -2.27. The van der Waals surface area contributed by atoms with Gasteiger partial charge >= 0.3 is 0 Å². The highest BCUT2D eigenvalue weighted by molar-refractivity contribution is 5.34. The predicted molar refractivity (Wildman–Crippen MR) is 79.5 cm³/mol. The normalized spacial score (nSPS) is 12.9. The average Bonchev–Trinajstić information content (AvgIpc) is 2.38. The van der Waals surface area contributed by atoms with Crippen molar-refractivity contribution in [3.8, 4) is 0 Å². The molecule has 0 aliphatic carbocycles. The molecule has 1 rings (SSSR count). The second-order valence-electron chi connectivity index (χ2n) is 4.75. The Morgan fingerprint density at radius 3 is 2.00 bits per heavy atom. The summed E-state index contributed by atoms with van der Waals surface area (Å²) in [6.07, 6.45) is 0.721. The van der Waals surface area contributed by atoms with Gasteiger partial charge in [0.1, 0.15) is 0 Å². The van der Waals surface area contributed by atoms with E-state index >= 15 is 0 Å². The van der Waals surface area contributed by atoms with Crippen LogP contribution in [0.5, 0.6) is 0 Å². The first-order valence-corrected chi connectivity index (χ1v) is 7.09. The van der Waals surface area contributed by atoms with E-state index in [9.17, 15) is 0 Å². The van der Waals surface area contributed by atoms with Crippen LogP contribution in [-0.4, -0.2) is 32.6 Å². The molecule has 3 heteroatoms. The highest BCUT2D eigenvalue weighted by Gasteiger charge is 2.22. The third-order valence-electron chi connectivity index (χ3n) is 3.43. The molecule has 108 valence electrons. The maximum absolute atomic E-state index is 5.70. The molecule has 0 heterocycles. The van der Waals surface area contributed by atoms with Gasteiger partial charge in [-0.2, -0.15) is 0 Å². The van der Waals surface area contributed by atoms with Crippen molar-refractivity contribution < 1.29 is 9.47 Å². The smallest absolute Gasteiger partial charge is 0.172 e. The van der Waals surface area contributed by atoms with Crippen molar-refractivity contribution in [1.29, 1.82) is 0 Å². The maximum Gasteiger partial charge on any atom is 0.172 e. The molecule has 0 aliphatic heterocycles. The summed E-state index contributed by atoms with van der Waals surface area (Å²) in [5.41, 5.74) is 4.03. The van der Waals surface area contributed by atoms with Crippen LogP contribution in [0.25, 0.3) is 0 Å². The number of aryl methyl sites for hydroxylation is 2. The Morgan fingerprint density at radius 2 is 1.58 bits per heavy atom. The number of ether oxygens (including phenoxy) is 2. The topological polar surface area (TPSA) is 30.5 Å². The lowest BCUT2D eigenvalue weighted by Crippen LogP contribution is -2.43. The van der Waals surface area contributed by atoms with Crippen molar-refractivity contribution in [2.24, 2.45) is 0 Å². The van der Waals surface area contributed by atoms with Crippen molar-refractivity contribution in [2.75, 3.05) is 20.3 Å². The molecule has 1 atom stereocenters. The standard InChI is InChI=1S/C16H27NO2/c1-6-18-16(19-7-2)15(17-5)11-14-12(3)9-8-10-13(14)4/h8-10,15-17H,6-7,11H2,1-5H3. The zero-order valence-corrected chi connectivity index (χ0v) is 12.8. The van der Waals surface area contributed by atoms with E-state index < -0.39 is 0 Å². The van der Waals surface area contributed by atoms with Crippen LogP contribution < -0.4 is 5.32 Å². The van der Waals surface area contributed by atoms with Crippen molar-refractivity contribution in [2.45, 2.75) is 46.4 Å². The van der Waals surface area contributed by atoms with Gasteiger partial charge in [0.2, 0.25) is 0 Å². The zero-order chi connectivity index (χ0) is 14.3. The minimum atomic E-state index is -0.195. The minimum Gasteiger partial charge on any atom is -0.351 e. The number of benzene rings is 1. The fraction of sp³-hybridized carbons (Fsp3) is 0.625. The second kappa shape index (κ2) is 8.31. The van der Waals surface area contributed by atoms with E-state index in [1.807, 2.05) is 20.9 Å². The van der Waals surface area contributed by atoms with E-state index in [0.29, 0.717) is 13.2 Å². The largest absolute Gasteiger partial charge is 0.351 e. The summed E-state index contributed by atoms with van der Waals surface area (Å²) in [5.74, 6) is 0. The fourth-order valence-electron chi connectivity index (χ4n) is 2.33. The molecule has 3 nitrogen and oxygen atoms in total. The van der Waals surface area contributed by atoms with Gasteiger partial charge in [-0.1, -0.05) is 18.2 Å². The Balaban J connectivity index is 2.85. The molecule has 1 aromatic rings. The summed E-state index contributed by atoms with van der Waals surface area (Å²) >= 11 is 0. The van der Waals surface area contributed by atoms with Crippen LogP contribution in [0, 0.1) is 13.8 Å². The third kappa shape index (κ3) is 4.60. The van der Waals surface area contributed by atoms with Crippen LogP contribution in [0.3, 0.4) is 0 Å². The number of nitrogens with one attached hydrogen (secondary N) is 1. The van der Waals surface area contributed by atoms with E-state index in [1.165, 1.54) is 16.7 Å². The minimum absolute atomic E-state index is 0.166. The molecule has 0 fully saturated rings. The Morgan fingerprint density at radius 1 is 1.05 bits per heavy atom. The molecule has 0 aliphatic rings. The third-order valence-corrected chi connectivity index (χ3v) is 3.43. The molecule has 0 amide bonds. The number of likely N-dealkylation sites (N-methyl/N-ethyl adjacent to an activating group) is 1. The molecule has 0 spiro atoms. The van der Waals surface area contributed by atoms with Gasteiger partial charge in [0.25, 0.3) is 0 Å². The Bertz CT molecular complexity index is 353. The molecular formula is C16H27NO2. The first-order valence-electron chi connectivity index (χ1n) is 7.09. The SMILES string of the molecule is CCOC(OCC)C(Cc1c(C)cccc1C)NC. The molecule has 1 N–H and O–H groups in total. The molecule has 0 aromatic heterocycles. The molecule has 0 radical (unpaired) electrons. The summed E-state index contributed by atoms with van der Waals surface area (Å²) in [6, 6.07) is 6.58. The molecule has 0 saturated carbocycles. The van der Waals surface area contributed by atoms with Crippen molar-refractivity contribution in [3.63, 3.8) is 0 Å².